The van der Waals surface area contributed by atoms with E-state index < -0.39 is 0 Å². The number of hydrogen-bond acceptors (Lipinski definition) is 4. The van der Waals surface area contributed by atoms with Gasteiger partial charge < -0.3 is 19.1 Å². The average molecular weight is 403 g/mol. The van der Waals surface area contributed by atoms with Crippen LogP contribution in [0.5, 0.6) is 17.2 Å². The fourth-order valence-corrected chi connectivity index (χ4v) is 3.86. The predicted molar refractivity (Wildman–Crippen MR) is 116 cm³/mol. The summed E-state index contributed by atoms with van der Waals surface area (Å²) in [6.07, 6.45) is 0.650. The molecule has 1 heterocycles. The number of anilines is 1. The normalized spacial score (nSPS) is 17.9. The van der Waals surface area contributed by atoms with E-state index in [-0.39, 0.29) is 17.9 Å². The van der Waals surface area contributed by atoms with E-state index in [1.165, 1.54) is 0 Å². The van der Waals surface area contributed by atoms with Crippen LogP contribution < -0.4 is 19.1 Å². The van der Waals surface area contributed by atoms with Crippen molar-refractivity contribution in [3.63, 3.8) is 0 Å². The van der Waals surface area contributed by atoms with Crippen molar-refractivity contribution in [2.45, 2.75) is 12.5 Å². The Bertz CT molecular complexity index is 970. The first-order valence-electron chi connectivity index (χ1n) is 10.00. The summed E-state index contributed by atoms with van der Waals surface area (Å²) >= 11 is 0. The van der Waals surface area contributed by atoms with Crippen molar-refractivity contribution < 1.29 is 19.0 Å². The number of ether oxygens (including phenoxy) is 3. The lowest BCUT2D eigenvalue weighted by molar-refractivity contribution is -0.131. The van der Waals surface area contributed by atoms with Crippen LogP contribution in [0, 0.1) is 5.92 Å². The van der Waals surface area contributed by atoms with E-state index in [0.29, 0.717) is 13.0 Å². The Morgan fingerprint density at radius 1 is 0.767 bits per heavy atom. The molecule has 3 aromatic rings. The van der Waals surface area contributed by atoms with E-state index in [9.17, 15) is 4.79 Å². The average Bonchev–Trinajstić information content (AvgIpc) is 2.81. The molecule has 5 heteroatoms. The number of carbonyl (C=O) groups is 1. The van der Waals surface area contributed by atoms with Crippen LogP contribution in [0.2, 0.25) is 0 Å². The molecular weight excluding hydrogens is 378 g/mol. The van der Waals surface area contributed by atoms with Gasteiger partial charge in [0.2, 0.25) is 5.91 Å². The third-order valence-corrected chi connectivity index (χ3v) is 5.46. The van der Waals surface area contributed by atoms with Gasteiger partial charge in [-0.3, -0.25) is 4.79 Å². The van der Waals surface area contributed by atoms with Crippen molar-refractivity contribution in [2.75, 3.05) is 25.7 Å². The van der Waals surface area contributed by atoms with Crippen molar-refractivity contribution in [3.05, 3.63) is 84.4 Å². The number of amides is 1. The largest absolute Gasteiger partial charge is 0.497 e. The maximum atomic E-state index is 13.1. The van der Waals surface area contributed by atoms with Crippen molar-refractivity contribution >= 4 is 11.6 Å². The molecular formula is C25H25NO4. The summed E-state index contributed by atoms with van der Waals surface area (Å²) in [4.78, 5) is 14.9. The second kappa shape index (κ2) is 8.91. The Morgan fingerprint density at radius 2 is 1.37 bits per heavy atom. The number of para-hydroxylation sites is 1. The molecule has 0 bridgehead atoms. The van der Waals surface area contributed by atoms with E-state index >= 15 is 0 Å². The van der Waals surface area contributed by atoms with Gasteiger partial charge in [-0.15, -0.1) is 0 Å². The number of carbonyl (C=O) groups excluding carboxylic acids is 1. The minimum atomic E-state index is -0.135. The zero-order valence-electron chi connectivity index (χ0n) is 17.2. The Morgan fingerprint density at radius 3 is 1.97 bits per heavy atom. The summed E-state index contributed by atoms with van der Waals surface area (Å²) < 4.78 is 16.4. The Hall–Kier alpha value is -3.47. The molecule has 4 rings (SSSR count). The lowest BCUT2D eigenvalue weighted by Gasteiger charge is -2.47. The summed E-state index contributed by atoms with van der Waals surface area (Å²) in [5, 5.41) is 0. The van der Waals surface area contributed by atoms with Gasteiger partial charge in [-0.05, 0) is 60.5 Å². The van der Waals surface area contributed by atoms with E-state index in [1.807, 2.05) is 83.8 Å². The molecule has 1 aliphatic rings. The minimum Gasteiger partial charge on any atom is -0.497 e. The topological polar surface area (TPSA) is 48.0 Å². The van der Waals surface area contributed by atoms with Gasteiger partial charge in [0, 0.05) is 5.69 Å². The molecule has 0 N–H and O–H groups in total. The fourth-order valence-electron chi connectivity index (χ4n) is 3.86. The van der Waals surface area contributed by atoms with Crippen LogP contribution in [0.15, 0.2) is 78.9 Å². The predicted octanol–water partition coefficient (Wildman–Crippen LogP) is 4.88. The standard InChI is InChI=1S/C25H25NO4/c1-28-20-12-8-18(9-13-20)24-23(16-17-30-22-6-4-3-5-7-22)25(27)26(24)19-10-14-21(29-2)15-11-19/h3-15,23-24H,16-17H2,1-2H3/t23-,24-/m1/s1. The van der Waals surface area contributed by atoms with Gasteiger partial charge in [0.15, 0.2) is 0 Å². The molecule has 0 aromatic heterocycles. The molecule has 154 valence electrons. The van der Waals surface area contributed by atoms with Crippen LogP contribution in [0.25, 0.3) is 0 Å². The number of benzene rings is 3. The van der Waals surface area contributed by atoms with Crippen molar-refractivity contribution in [1.82, 2.24) is 0 Å². The SMILES string of the molecule is COc1ccc([C@@H]2[C@@H](CCOc3ccccc3)C(=O)N2c2ccc(OC)cc2)cc1. The van der Waals surface area contributed by atoms with Crippen LogP contribution in [-0.4, -0.2) is 26.7 Å². The molecule has 0 aliphatic carbocycles. The van der Waals surface area contributed by atoms with Gasteiger partial charge >= 0.3 is 0 Å². The number of methoxy groups -OCH3 is 2. The van der Waals surface area contributed by atoms with Gasteiger partial charge in [-0.1, -0.05) is 30.3 Å². The van der Waals surface area contributed by atoms with Gasteiger partial charge in [0.25, 0.3) is 0 Å². The third kappa shape index (κ3) is 3.96. The zero-order valence-corrected chi connectivity index (χ0v) is 17.2. The first-order chi connectivity index (χ1) is 14.7. The summed E-state index contributed by atoms with van der Waals surface area (Å²) in [5.74, 6) is 2.35. The van der Waals surface area contributed by atoms with Crippen LogP contribution in [0.4, 0.5) is 5.69 Å². The highest BCUT2D eigenvalue weighted by molar-refractivity contribution is 6.03. The summed E-state index contributed by atoms with van der Waals surface area (Å²) in [6.45, 7) is 0.490. The van der Waals surface area contributed by atoms with Crippen molar-refractivity contribution in [2.24, 2.45) is 5.92 Å². The number of rotatable bonds is 8. The third-order valence-electron chi connectivity index (χ3n) is 5.46. The first kappa shape index (κ1) is 19.8. The highest BCUT2D eigenvalue weighted by Crippen LogP contribution is 2.45. The van der Waals surface area contributed by atoms with Crippen LogP contribution >= 0.6 is 0 Å². The Balaban J connectivity index is 1.54. The minimum absolute atomic E-state index is 0.0452. The quantitative estimate of drug-likeness (QED) is 0.503. The first-order valence-corrected chi connectivity index (χ1v) is 10.00. The van der Waals surface area contributed by atoms with E-state index in [1.54, 1.807) is 14.2 Å². The van der Waals surface area contributed by atoms with Crippen LogP contribution in [0.1, 0.15) is 18.0 Å². The van der Waals surface area contributed by atoms with E-state index in [4.69, 9.17) is 14.2 Å². The molecule has 1 aliphatic heterocycles. The molecule has 0 radical (unpaired) electrons. The summed E-state index contributed by atoms with van der Waals surface area (Å²) in [5.41, 5.74) is 1.94. The van der Waals surface area contributed by atoms with E-state index in [0.717, 1.165) is 28.5 Å². The van der Waals surface area contributed by atoms with Crippen LogP contribution in [0.3, 0.4) is 0 Å². The molecule has 3 aromatic carbocycles. The van der Waals surface area contributed by atoms with Gasteiger partial charge in [-0.2, -0.15) is 0 Å². The maximum Gasteiger partial charge on any atom is 0.233 e. The highest BCUT2D eigenvalue weighted by atomic mass is 16.5. The molecule has 5 nitrogen and oxygen atoms in total. The Kier molecular flexibility index (Phi) is 5.89. The smallest absolute Gasteiger partial charge is 0.233 e. The van der Waals surface area contributed by atoms with Crippen molar-refractivity contribution in [3.8, 4) is 17.2 Å². The van der Waals surface area contributed by atoms with Gasteiger partial charge in [0.1, 0.15) is 17.2 Å². The summed E-state index contributed by atoms with van der Waals surface area (Å²) in [6, 6.07) is 25.1. The van der Waals surface area contributed by atoms with Crippen molar-refractivity contribution in [1.29, 1.82) is 0 Å². The summed E-state index contributed by atoms with van der Waals surface area (Å²) in [7, 11) is 3.28. The molecule has 1 fully saturated rings. The number of hydrogen-bond donors (Lipinski definition) is 0. The molecule has 0 spiro atoms. The molecule has 0 saturated carbocycles. The molecule has 2 atom stereocenters. The molecule has 1 saturated heterocycles. The Labute approximate surface area is 176 Å². The fraction of sp³-hybridized carbons (Fsp3) is 0.240. The van der Waals surface area contributed by atoms with Gasteiger partial charge in [-0.25, -0.2) is 0 Å². The zero-order chi connectivity index (χ0) is 20.9. The highest BCUT2D eigenvalue weighted by Gasteiger charge is 2.48. The number of β-lactam (4-membered cyclic amide) rings is 1. The second-order valence-electron chi connectivity index (χ2n) is 7.18. The van der Waals surface area contributed by atoms with Gasteiger partial charge in [0.05, 0.1) is 32.8 Å². The monoisotopic (exact) mass is 403 g/mol. The molecule has 30 heavy (non-hydrogen) atoms. The number of nitrogens with zero attached hydrogens (tertiary/aromatic N) is 1. The molecule has 1 amide bonds. The lowest BCUT2D eigenvalue weighted by atomic mass is 9.80. The van der Waals surface area contributed by atoms with E-state index in [2.05, 4.69) is 0 Å². The maximum absolute atomic E-state index is 13.1. The molecule has 0 unspecified atom stereocenters. The van der Waals surface area contributed by atoms with Crippen LogP contribution in [-0.2, 0) is 4.79 Å². The second-order valence-corrected chi connectivity index (χ2v) is 7.18. The lowest BCUT2D eigenvalue weighted by Crippen LogP contribution is -2.55.